The van der Waals surface area contributed by atoms with E-state index in [1.165, 1.54) is 11.3 Å². The molecule has 2 aromatic heterocycles. The number of ether oxygens (including phenoxy) is 2. The summed E-state index contributed by atoms with van der Waals surface area (Å²) in [4.78, 5) is 30.2. The van der Waals surface area contributed by atoms with Crippen LogP contribution in [-0.4, -0.2) is 30.6 Å². The molecule has 30 heavy (non-hydrogen) atoms. The Bertz CT molecular complexity index is 1170. The second-order valence-electron chi connectivity index (χ2n) is 6.36. The summed E-state index contributed by atoms with van der Waals surface area (Å²) in [6.07, 6.45) is 0. The summed E-state index contributed by atoms with van der Waals surface area (Å²) in [6.45, 7) is -0.00842. The number of rotatable bonds is 7. The highest BCUT2D eigenvalue weighted by atomic mass is 32.1. The van der Waals surface area contributed by atoms with Crippen molar-refractivity contribution in [2.24, 2.45) is 0 Å². The topological polar surface area (TPSA) is 77.5 Å². The average Bonchev–Trinajstić information content (AvgIpc) is 3.43. The molecule has 152 valence electrons. The largest absolute Gasteiger partial charge is 0.497 e. The number of nitrogens with zero attached hydrogens (tertiary/aromatic N) is 1. The van der Waals surface area contributed by atoms with E-state index in [1.54, 1.807) is 24.5 Å². The number of benzene rings is 2. The van der Waals surface area contributed by atoms with Crippen molar-refractivity contribution in [2.75, 3.05) is 13.7 Å². The highest BCUT2D eigenvalue weighted by Crippen LogP contribution is 2.34. The number of carbonyl (C=O) groups is 2. The maximum atomic E-state index is 12.3. The van der Waals surface area contributed by atoms with Crippen LogP contribution >= 0.6 is 22.7 Å². The second-order valence-corrected chi connectivity index (χ2v) is 8.47. The lowest BCUT2D eigenvalue weighted by atomic mass is 10.2. The summed E-state index contributed by atoms with van der Waals surface area (Å²) >= 11 is 2.88. The fourth-order valence-corrected chi connectivity index (χ4v) is 4.70. The van der Waals surface area contributed by atoms with Crippen LogP contribution in [0.4, 0.5) is 0 Å². The zero-order valence-corrected chi connectivity index (χ0v) is 17.7. The number of nitrogens with one attached hydrogen (secondary N) is 1. The Morgan fingerprint density at radius 2 is 1.90 bits per heavy atom. The van der Waals surface area contributed by atoms with Gasteiger partial charge in [0.15, 0.2) is 6.61 Å². The van der Waals surface area contributed by atoms with Gasteiger partial charge in [0.1, 0.15) is 15.6 Å². The quantitative estimate of drug-likeness (QED) is 0.430. The van der Waals surface area contributed by atoms with Crippen molar-refractivity contribution in [1.29, 1.82) is 0 Å². The minimum absolute atomic E-state index is 0.328. The van der Waals surface area contributed by atoms with E-state index >= 15 is 0 Å². The van der Waals surface area contributed by atoms with Crippen molar-refractivity contribution in [3.63, 3.8) is 0 Å². The smallest absolute Gasteiger partial charge is 0.348 e. The number of hydrogen-bond donors (Lipinski definition) is 1. The van der Waals surface area contributed by atoms with Crippen molar-refractivity contribution in [3.05, 3.63) is 71.1 Å². The molecule has 0 spiro atoms. The Balaban J connectivity index is 1.31. The third-order valence-electron chi connectivity index (χ3n) is 4.27. The highest BCUT2D eigenvalue weighted by Gasteiger charge is 2.15. The first-order valence-electron chi connectivity index (χ1n) is 9.15. The van der Waals surface area contributed by atoms with E-state index in [-0.39, 0.29) is 12.5 Å². The van der Waals surface area contributed by atoms with Crippen LogP contribution in [0.15, 0.2) is 60.7 Å². The van der Waals surface area contributed by atoms with Gasteiger partial charge in [-0.1, -0.05) is 24.3 Å². The lowest BCUT2D eigenvalue weighted by molar-refractivity contribution is -0.124. The van der Waals surface area contributed by atoms with Crippen molar-refractivity contribution in [2.45, 2.75) is 6.54 Å². The molecule has 0 bridgehead atoms. The zero-order valence-electron chi connectivity index (χ0n) is 16.1. The maximum absolute atomic E-state index is 12.3. The Labute approximate surface area is 181 Å². The van der Waals surface area contributed by atoms with Crippen LogP contribution in [0.5, 0.6) is 5.75 Å². The van der Waals surface area contributed by atoms with E-state index in [0.717, 1.165) is 31.4 Å². The van der Waals surface area contributed by atoms with E-state index in [0.29, 0.717) is 11.4 Å². The number of aromatic nitrogens is 1. The predicted molar refractivity (Wildman–Crippen MR) is 118 cm³/mol. The third-order valence-corrected chi connectivity index (χ3v) is 6.54. The molecule has 0 saturated carbocycles. The van der Waals surface area contributed by atoms with Crippen molar-refractivity contribution in [1.82, 2.24) is 10.3 Å². The first-order valence-corrected chi connectivity index (χ1v) is 10.8. The van der Waals surface area contributed by atoms with Gasteiger partial charge < -0.3 is 14.8 Å². The van der Waals surface area contributed by atoms with Gasteiger partial charge in [-0.05, 0) is 42.0 Å². The van der Waals surface area contributed by atoms with Gasteiger partial charge in [0.25, 0.3) is 5.91 Å². The van der Waals surface area contributed by atoms with E-state index in [1.807, 2.05) is 54.6 Å². The molecule has 0 saturated heterocycles. The van der Waals surface area contributed by atoms with Gasteiger partial charge in [-0.2, -0.15) is 0 Å². The Morgan fingerprint density at radius 3 is 2.73 bits per heavy atom. The summed E-state index contributed by atoms with van der Waals surface area (Å²) in [5, 5.41) is 3.58. The van der Waals surface area contributed by atoms with E-state index in [4.69, 9.17) is 9.47 Å². The van der Waals surface area contributed by atoms with Crippen LogP contribution in [0.25, 0.3) is 20.1 Å². The van der Waals surface area contributed by atoms with Gasteiger partial charge in [0.05, 0.1) is 22.2 Å². The fourth-order valence-electron chi connectivity index (χ4n) is 2.78. The number of fused-ring (bicyclic) bond motifs is 1. The van der Waals surface area contributed by atoms with Gasteiger partial charge in [0, 0.05) is 6.54 Å². The number of esters is 1. The number of thiazole rings is 1. The number of carbonyl (C=O) groups excluding carboxylic acids is 2. The average molecular weight is 439 g/mol. The van der Waals surface area contributed by atoms with E-state index in [2.05, 4.69) is 10.3 Å². The molecule has 2 aromatic carbocycles. The molecule has 6 nitrogen and oxygen atoms in total. The predicted octanol–water partition coefficient (Wildman–Crippen LogP) is 4.51. The van der Waals surface area contributed by atoms with Crippen LogP contribution in [0.3, 0.4) is 0 Å². The molecule has 0 aliphatic carbocycles. The highest BCUT2D eigenvalue weighted by molar-refractivity contribution is 7.26. The Kier molecular flexibility index (Phi) is 6.06. The number of methoxy groups -OCH3 is 1. The summed E-state index contributed by atoms with van der Waals surface area (Å²) in [6, 6.07) is 18.8. The van der Waals surface area contributed by atoms with Gasteiger partial charge in [-0.15, -0.1) is 22.7 Å². The molecule has 0 atom stereocenters. The van der Waals surface area contributed by atoms with Crippen LogP contribution in [-0.2, 0) is 16.1 Å². The molecule has 8 heteroatoms. The van der Waals surface area contributed by atoms with Crippen molar-refractivity contribution >= 4 is 44.8 Å². The molecule has 1 N–H and O–H groups in total. The first-order chi connectivity index (χ1) is 14.6. The lowest BCUT2D eigenvalue weighted by Crippen LogP contribution is -2.28. The van der Waals surface area contributed by atoms with Crippen LogP contribution in [0.2, 0.25) is 0 Å². The summed E-state index contributed by atoms with van der Waals surface area (Å²) < 4.78 is 11.4. The third kappa shape index (κ3) is 4.67. The normalized spacial score (nSPS) is 10.7. The van der Waals surface area contributed by atoms with E-state index < -0.39 is 5.97 Å². The molecule has 0 radical (unpaired) electrons. The number of para-hydroxylation sites is 1. The molecule has 2 heterocycles. The number of amides is 1. The summed E-state index contributed by atoms with van der Waals surface area (Å²) in [5.41, 5.74) is 1.83. The Morgan fingerprint density at radius 1 is 1.03 bits per heavy atom. The van der Waals surface area contributed by atoms with Gasteiger partial charge in [0.2, 0.25) is 0 Å². The number of hydrogen-bond acceptors (Lipinski definition) is 7. The van der Waals surface area contributed by atoms with Crippen LogP contribution in [0, 0.1) is 0 Å². The monoisotopic (exact) mass is 438 g/mol. The number of thiophene rings is 1. The maximum Gasteiger partial charge on any atom is 0.348 e. The minimum Gasteiger partial charge on any atom is -0.497 e. The zero-order chi connectivity index (χ0) is 20.9. The lowest BCUT2D eigenvalue weighted by Gasteiger charge is -2.07. The molecule has 0 fully saturated rings. The SMILES string of the molecule is COc1cccc(CNC(=O)COC(=O)c2ccc(-c3nc4ccccc4s3)s2)c1. The van der Waals surface area contributed by atoms with Gasteiger partial charge in [-0.3, -0.25) is 4.79 Å². The summed E-state index contributed by atoms with van der Waals surface area (Å²) in [5.74, 6) is -0.173. The van der Waals surface area contributed by atoms with Crippen molar-refractivity contribution in [3.8, 4) is 15.6 Å². The molecule has 0 aliphatic heterocycles. The van der Waals surface area contributed by atoms with Crippen molar-refractivity contribution < 1.29 is 19.1 Å². The molecule has 1 amide bonds. The van der Waals surface area contributed by atoms with Gasteiger partial charge in [-0.25, -0.2) is 9.78 Å². The molecule has 4 rings (SSSR count). The second kappa shape index (κ2) is 9.06. The fraction of sp³-hybridized carbons (Fsp3) is 0.136. The van der Waals surface area contributed by atoms with Crippen LogP contribution in [0.1, 0.15) is 15.2 Å². The minimum atomic E-state index is -0.524. The van der Waals surface area contributed by atoms with Crippen LogP contribution < -0.4 is 10.1 Å². The molecular weight excluding hydrogens is 420 g/mol. The standard InChI is InChI=1S/C22H18N2O4S2/c1-27-15-6-4-5-14(11-15)12-23-20(25)13-28-22(26)19-10-9-18(29-19)21-24-16-7-2-3-8-17(16)30-21/h2-11H,12-13H2,1H3,(H,23,25). The van der Waals surface area contributed by atoms with E-state index in [9.17, 15) is 9.59 Å². The van der Waals surface area contributed by atoms with Gasteiger partial charge >= 0.3 is 5.97 Å². The summed E-state index contributed by atoms with van der Waals surface area (Å²) in [7, 11) is 1.59. The first kappa shape index (κ1) is 20.1. The molecule has 0 aliphatic rings. The molecule has 0 unspecified atom stereocenters. The molecule has 4 aromatic rings. The Hall–Kier alpha value is -3.23. The molecular formula is C22H18N2O4S2.